The average Bonchev–Trinajstić information content (AvgIpc) is 3.32. The molecule has 4 rings (SSSR count). The minimum Gasteiger partial charge on any atom is -0.348 e. The summed E-state index contributed by atoms with van der Waals surface area (Å²) in [5.74, 6) is -0.261. The molecule has 2 N–H and O–H groups in total. The van der Waals surface area contributed by atoms with E-state index in [-0.39, 0.29) is 17.8 Å². The molecule has 2 heterocycles. The SMILES string of the molecule is Cc1[nH]cnc1CN1CCC[C@H]1C(=O)Nc1cccc(-c2ccc(F)cc2)c1. The number of likely N-dealkylation sites (tertiary alicyclic amines) is 1. The van der Waals surface area contributed by atoms with Crippen molar-refractivity contribution in [2.75, 3.05) is 11.9 Å². The molecule has 1 aliphatic heterocycles. The molecule has 144 valence electrons. The van der Waals surface area contributed by atoms with Gasteiger partial charge in [0.2, 0.25) is 5.91 Å². The van der Waals surface area contributed by atoms with E-state index in [1.54, 1.807) is 18.5 Å². The Morgan fingerprint density at radius 1 is 1.25 bits per heavy atom. The minimum atomic E-state index is -0.262. The lowest BCUT2D eigenvalue weighted by molar-refractivity contribution is -0.120. The molecule has 6 heteroatoms. The number of carbonyl (C=O) groups excluding carboxylic acids is 1. The van der Waals surface area contributed by atoms with Crippen LogP contribution in [0.25, 0.3) is 11.1 Å². The topological polar surface area (TPSA) is 61.0 Å². The second kappa shape index (κ2) is 7.94. The van der Waals surface area contributed by atoms with Gasteiger partial charge in [-0.25, -0.2) is 9.37 Å². The highest BCUT2D eigenvalue weighted by Crippen LogP contribution is 2.25. The first kappa shape index (κ1) is 18.4. The molecule has 1 aromatic heterocycles. The number of H-pyrrole nitrogens is 1. The summed E-state index contributed by atoms with van der Waals surface area (Å²) in [6.45, 7) is 3.55. The van der Waals surface area contributed by atoms with E-state index < -0.39 is 0 Å². The van der Waals surface area contributed by atoms with Gasteiger partial charge in [-0.15, -0.1) is 0 Å². The molecule has 0 spiro atoms. The third-order valence-electron chi connectivity index (χ3n) is 5.26. The number of hydrogen-bond acceptors (Lipinski definition) is 3. The predicted molar refractivity (Wildman–Crippen MR) is 107 cm³/mol. The summed E-state index contributed by atoms with van der Waals surface area (Å²) in [6.07, 6.45) is 3.53. The molecule has 28 heavy (non-hydrogen) atoms. The van der Waals surface area contributed by atoms with Crippen LogP contribution in [0.3, 0.4) is 0 Å². The van der Waals surface area contributed by atoms with Crippen LogP contribution in [0.15, 0.2) is 54.9 Å². The van der Waals surface area contributed by atoms with Crippen molar-refractivity contribution < 1.29 is 9.18 Å². The van der Waals surface area contributed by atoms with Crippen LogP contribution < -0.4 is 5.32 Å². The van der Waals surface area contributed by atoms with Gasteiger partial charge < -0.3 is 10.3 Å². The van der Waals surface area contributed by atoms with Gasteiger partial charge in [0.1, 0.15) is 5.82 Å². The second-order valence-electron chi connectivity index (χ2n) is 7.18. The second-order valence-corrected chi connectivity index (χ2v) is 7.18. The van der Waals surface area contributed by atoms with Gasteiger partial charge in [0.25, 0.3) is 0 Å². The van der Waals surface area contributed by atoms with Crippen molar-refractivity contribution in [1.29, 1.82) is 0 Å². The van der Waals surface area contributed by atoms with Crippen molar-refractivity contribution >= 4 is 11.6 Å². The van der Waals surface area contributed by atoms with Crippen LogP contribution in [0.2, 0.25) is 0 Å². The smallest absolute Gasteiger partial charge is 0.241 e. The van der Waals surface area contributed by atoms with Crippen molar-refractivity contribution in [3.63, 3.8) is 0 Å². The molecule has 0 saturated carbocycles. The van der Waals surface area contributed by atoms with Gasteiger partial charge in [0, 0.05) is 17.9 Å². The third kappa shape index (κ3) is 3.97. The number of carbonyl (C=O) groups is 1. The largest absolute Gasteiger partial charge is 0.348 e. The summed E-state index contributed by atoms with van der Waals surface area (Å²) in [4.78, 5) is 22.5. The maximum atomic E-state index is 13.2. The number of rotatable bonds is 5. The van der Waals surface area contributed by atoms with Crippen LogP contribution in [0.5, 0.6) is 0 Å². The molecular weight excluding hydrogens is 355 g/mol. The summed E-state index contributed by atoms with van der Waals surface area (Å²) in [6, 6.07) is 13.8. The lowest BCUT2D eigenvalue weighted by atomic mass is 10.0. The molecule has 0 bridgehead atoms. The number of halogens is 1. The number of imidazole rings is 1. The van der Waals surface area contributed by atoms with Gasteiger partial charge in [0.05, 0.1) is 18.1 Å². The van der Waals surface area contributed by atoms with Crippen molar-refractivity contribution in [2.24, 2.45) is 0 Å². The fourth-order valence-corrected chi connectivity index (χ4v) is 3.70. The Kier molecular flexibility index (Phi) is 5.21. The van der Waals surface area contributed by atoms with Crippen molar-refractivity contribution in [1.82, 2.24) is 14.9 Å². The predicted octanol–water partition coefficient (Wildman–Crippen LogP) is 4.13. The number of nitrogens with zero attached hydrogens (tertiary/aromatic N) is 2. The summed E-state index contributed by atoms with van der Waals surface area (Å²) in [5.41, 5.74) is 4.62. The van der Waals surface area contributed by atoms with Gasteiger partial charge in [-0.05, 0) is 61.7 Å². The van der Waals surface area contributed by atoms with E-state index >= 15 is 0 Å². The van der Waals surface area contributed by atoms with E-state index in [1.807, 2.05) is 31.2 Å². The summed E-state index contributed by atoms with van der Waals surface area (Å²) < 4.78 is 13.2. The molecule has 1 amide bonds. The van der Waals surface area contributed by atoms with Crippen molar-refractivity contribution in [2.45, 2.75) is 32.4 Å². The van der Waals surface area contributed by atoms with Crippen LogP contribution in [0, 0.1) is 12.7 Å². The molecule has 1 saturated heterocycles. The first-order valence-electron chi connectivity index (χ1n) is 9.50. The van der Waals surface area contributed by atoms with Gasteiger partial charge >= 0.3 is 0 Å². The van der Waals surface area contributed by atoms with Crippen LogP contribution in [0.1, 0.15) is 24.2 Å². The normalized spacial score (nSPS) is 17.0. The quantitative estimate of drug-likeness (QED) is 0.702. The highest BCUT2D eigenvalue weighted by Gasteiger charge is 2.31. The van der Waals surface area contributed by atoms with Crippen LogP contribution >= 0.6 is 0 Å². The first-order chi connectivity index (χ1) is 13.6. The first-order valence-corrected chi connectivity index (χ1v) is 9.50. The third-order valence-corrected chi connectivity index (χ3v) is 5.26. The maximum absolute atomic E-state index is 13.2. The van der Waals surface area contributed by atoms with Crippen molar-refractivity contribution in [3.8, 4) is 11.1 Å². The lowest BCUT2D eigenvalue weighted by Crippen LogP contribution is -2.39. The van der Waals surface area contributed by atoms with E-state index in [2.05, 4.69) is 20.2 Å². The Morgan fingerprint density at radius 2 is 2.07 bits per heavy atom. The van der Waals surface area contributed by atoms with E-state index in [4.69, 9.17) is 0 Å². The van der Waals surface area contributed by atoms with E-state index in [9.17, 15) is 9.18 Å². The highest BCUT2D eigenvalue weighted by atomic mass is 19.1. The number of hydrogen-bond donors (Lipinski definition) is 2. The molecule has 0 aliphatic carbocycles. The zero-order valence-corrected chi connectivity index (χ0v) is 15.8. The molecule has 0 unspecified atom stereocenters. The standard InChI is InChI=1S/C22H23FN4O/c1-15-20(25-14-24-15)13-27-11-3-6-21(27)22(28)26-19-5-2-4-17(12-19)16-7-9-18(23)10-8-16/h2,4-5,7-10,12,14,21H,3,6,11,13H2,1H3,(H,24,25)(H,26,28)/t21-/m0/s1. The number of benzene rings is 2. The number of aromatic amines is 1. The van der Waals surface area contributed by atoms with E-state index in [0.717, 1.165) is 47.6 Å². The molecule has 1 fully saturated rings. The fraction of sp³-hybridized carbons (Fsp3) is 0.273. The number of anilines is 1. The number of nitrogens with one attached hydrogen (secondary N) is 2. The fourth-order valence-electron chi connectivity index (χ4n) is 3.70. The monoisotopic (exact) mass is 378 g/mol. The molecule has 1 atom stereocenters. The number of aryl methyl sites for hydroxylation is 1. The van der Waals surface area contributed by atoms with Crippen LogP contribution in [-0.2, 0) is 11.3 Å². The van der Waals surface area contributed by atoms with E-state index in [1.165, 1.54) is 12.1 Å². The molecule has 1 aliphatic rings. The molecule has 3 aromatic rings. The molecule has 0 radical (unpaired) electrons. The zero-order valence-electron chi connectivity index (χ0n) is 15.8. The van der Waals surface area contributed by atoms with E-state index in [0.29, 0.717) is 6.54 Å². The maximum Gasteiger partial charge on any atom is 0.241 e. The van der Waals surface area contributed by atoms with Gasteiger partial charge in [-0.3, -0.25) is 9.69 Å². The minimum absolute atomic E-state index is 0.00180. The number of amides is 1. The Bertz CT molecular complexity index is 967. The van der Waals surface area contributed by atoms with Crippen molar-refractivity contribution in [3.05, 3.63) is 72.1 Å². The summed E-state index contributed by atoms with van der Waals surface area (Å²) >= 11 is 0. The molecule has 5 nitrogen and oxygen atoms in total. The van der Waals surface area contributed by atoms with Gasteiger partial charge in [-0.2, -0.15) is 0 Å². The Labute approximate surface area is 163 Å². The highest BCUT2D eigenvalue weighted by molar-refractivity contribution is 5.95. The molecular formula is C22H23FN4O. The average molecular weight is 378 g/mol. The van der Waals surface area contributed by atoms with Crippen LogP contribution in [-0.4, -0.2) is 33.4 Å². The van der Waals surface area contributed by atoms with Crippen LogP contribution in [0.4, 0.5) is 10.1 Å². The summed E-state index contributed by atoms with van der Waals surface area (Å²) in [5, 5.41) is 3.05. The number of aromatic nitrogens is 2. The Morgan fingerprint density at radius 3 is 2.82 bits per heavy atom. The van der Waals surface area contributed by atoms with Gasteiger partial charge in [-0.1, -0.05) is 24.3 Å². The van der Waals surface area contributed by atoms with Gasteiger partial charge in [0.15, 0.2) is 0 Å². The molecule has 2 aromatic carbocycles. The summed E-state index contributed by atoms with van der Waals surface area (Å²) in [7, 11) is 0. The lowest BCUT2D eigenvalue weighted by Gasteiger charge is -2.23. The zero-order chi connectivity index (χ0) is 19.5. The Hall–Kier alpha value is -2.99. The Balaban J connectivity index is 1.46.